The van der Waals surface area contributed by atoms with Crippen molar-refractivity contribution in [1.82, 2.24) is 9.62 Å². The van der Waals surface area contributed by atoms with E-state index in [1.165, 1.54) is 17.5 Å². The minimum absolute atomic E-state index is 0.0572. The molecule has 0 saturated carbocycles. The van der Waals surface area contributed by atoms with Gasteiger partial charge in [-0.3, -0.25) is 4.79 Å². The first-order chi connectivity index (χ1) is 13.8. The summed E-state index contributed by atoms with van der Waals surface area (Å²) in [5.41, 5.74) is 2.10. The summed E-state index contributed by atoms with van der Waals surface area (Å²) in [7, 11) is -2.64. The molecule has 1 atom stereocenters. The quantitative estimate of drug-likeness (QED) is 0.780. The van der Waals surface area contributed by atoms with Crippen molar-refractivity contribution in [2.75, 3.05) is 20.2 Å². The Hall–Kier alpha value is -2.45. The molecule has 0 spiro atoms. The van der Waals surface area contributed by atoms with Crippen LogP contribution in [0.4, 0.5) is 4.39 Å². The predicted molar refractivity (Wildman–Crippen MR) is 107 cm³/mol. The summed E-state index contributed by atoms with van der Waals surface area (Å²) in [6, 6.07) is 11.2. The van der Waals surface area contributed by atoms with Crippen LogP contribution in [0.3, 0.4) is 0 Å². The topological polar surface area (TPSA) is 75.7 Å². The molecule has 2 aromatic rings. The molecule has 6 nitrogen and oxygen atoms in total. The Morgan fingerprint density at radius 3 is 2.79 bits per heavy atom. The van der Waals surface area contributed by atoms with Crippen molar-refractivity contribution in [3.05, 3.63) is 59.4 Å². The van der Waals surface area contributed by atoms with Gasteiger partial charge in [0.05, 0.1) is 13.0 Å². The van der Waals surface area contributed by atoms with E-state index in [4.69, 9.17) is 4.74 Å². The summed E-state index contributed by atoms with van der Waals surface area (Å²) in [5.74, 6) is -1.22. The van der Waals surface area contributed by atoms with Crippen LogP contribution in [0.15, 0.2) is 47.4 Å². The fraction of sp³-hybridized carbons (Fsp3) is 0.381. The van der Waals surface area contributed by atoms with Crippen molar-refractivity contribution in [2.45, 2.75) is 31.2 Å². The zero-order valence-electron chi connectivity index (χ0n) is 16.5. The van der Waals surface area contributed by atoms with Crippen molar-refractivity contribution in [2.24, 2.45) is 5.92 Å². The first kappa shape index (κ1) is 21.3. The van der Waals surface area contributed by atoms with Gasteiger partial charge in [0.2, 0.25) is 15.9 Å². The van der Waals surface area contributed by atoms with Gasteiger partial charge >= 0.3 is 0 Å². The Morgan fingerprint density at radius 1 is 1.28 bits per heavy atom. The number of nitrogens with one attached hydrogen (secondary N) is 1. The van der Waals surface area contributed by atoms with E-state index in [1.807, 2.05) is 31.2 Å². The summed E-state index contributed by atoms with van der Waals surface area (Å²) in [6.45, 7) is 2.71. The lowest BCUT2D eigenvalue weighted by atomic mass is 9.98. The van der Waals surface area contributed by atoms with Crippen LogP contribution < -0.4 is 10.1 Å². The second-order valence-corrected chi connectivity index (χ2v) is 9.11. The van der Waals surface area contributed by atoms with E-state index in [0.29, 0.717) is 19.4 Å². The van der Waals surface area contributed by atoms with Crippen LogP contribution in [0.1, 0.15) is 24.0 Å². The third-order valence-corrected chi connectivity index (χ3v) is 6.93. The molecule has 1 unspecified atom stereocenters. The minimum atomic E-state index is -3.98. The van der Waals surface area contributed by atoms with Crippen LogP contribution in [-0.2, 0) is 21.4 Å². The molecule has 1 amide bonds. The molecule has 0 radical (unpaired) electrons. The highest BCUT2D eigenvalue weighted by atomic mass is 32.2. The number of sulfonamides is 1. The SMILES string of the molecule is COc1ccc(F)cc1S(=O)(=O)N1CCCC(C(=O)NCc2cccc(C)c2)C1. The molecule has 0 bridgehead atoms. The highest BCUT2D eigenvalue weighted by Crippen LogP contribution is 2.30. The summed E-state index contributed by atoms with van der Waals surface area (Å²) >= 11 is 0. The van der Waals surface area contributed by atoms with Crippen LogP contribution in [-0.4, -0.2) is 38.8 Å². The van der Waals surface area contributed by atoms with Crippen molar-refractivity contribution in [1.29, 1.82) is 0 Å². The normalized spacial score (nSPS) is 17.7. The maximum atomic E-state index is 13.7. The molecule has 1 fully saturated rings. The second-order valence-electron chi connectivity index (χ2n) is 7.20. The Balaban J connectivity index is 1.71. The van der Waals surface area contributed by atoms with E-state index in [-0.39, 0.29) is 29.6 Å². The Kier molecular flexibility index (Phi) is 6.54. The molecular formula is C21H25FN2O4S. The van der Waals surface area contributed by atoms with Gasteiger partial charge in [-0.05, 0) is 43.5 Å². The number of ether oxygens (including phenoxy) is 1. The summed E-state index contributed by atoms with van der Waals surface area (Å²) in [4.78, 5) is 12.4. The lowest BCUT2D eigenvalue weighted by molar-refractivity contribution is -0.126. The van der Waals surface area contributed by atoms with E-state index in [9.17, 15) is 17.6 Å². The Labute approximate surface area is 170 Å². The van der Waals surface area contributed by atoms with Gasteiger partial charge in [-0.15, -0.1) is 0 Å². The van der Waals surface area contributed by atoms with Crippen LogP contribution in [0.2, 0.25) is 0 Å². The standard InChI is InChI=1S/C21H25FN2O4S/c1-15-5-3-6-16(11-15)13-23-21(25)17-7-4-10-24(14-17)29(26,27)20-12-18(22)8-9-19(20)28-2/h3,5-6,8-9,11-12,17H,4,7,10,13-14H2,1-2H3,(H,23,25). The monoisotopic (exact) mass is 420 g/mol. The highest BCUT2D eigenvalue weighted by molar-refractivity contribution is 7.89. The third-order valence-electron chi connectivity index (χ3n) is 5.05. The number of piperidine rings is 1. The van der Waals surface area contributed by atoms with E-state index >= 15 is 0 Å². The van der Waals surface area contributed by atoms with E-state index in [0.717, 1.165) is 23.3 Å². The highest BCUT2D eigenvalue weighted by Gasteiger charge is 2.35. The van der Waals surface area contributed by atoms with Crippen molar-refractivity contribution < 1.29 is 22.3 Å². The lowest BCUT2D eigenvalue weighted by Gasteiger charge is -2.31. The first-order valence-corrected chi connectivity index (χ1v) is 10.9. The van der Waals surface area contributed by atoms with Crippen LogP contribution in [0, 0.1) is 18.7 Å². The number of benzene rings is 2. The van der Waals surface area contributed by atoms with E-state index in [2.05, 4.69) is 5.32 Å². The Bertz CT molecular complexity index is 994. The molecule has 29 heavy (non-hydrogen) atoms. The molecule has 8 heteroatoms. The second kappa shape index (κ2) is 8.92. The van der Waals surface area contributed by atoms with E-state index in [1.54, 1.807) is 0 Å². The van der Waals surface area contributed by atoms with E-state index < -0.39 is 21.8 Å². The molecule has 156 valence electrons. The summed E-state index contributed by atoms with van der Waals surface area (Å²) in [5, 5.41) is 2.89. The Morgan fingerprint density at radius 2 is 2.07 bits per heavy atom. The summed E-state index contributed by atoms with van der Waals surface area (Å²) < 4.78 is 46.1. The van der Waals surface area contributed by atoms with Gasteiger partial charge < -0.3 is 10.1 Å². The van der Waals surface area contributed by atoms with Gasteiger partial charge in [0.1, 0.15) is 16.5 Å². The zero-order chi connectivity index (χ0) is 21.0. The molecule has 1 aliphatic heterocycles. The average Bonchev–Trinajstić information content (AvgIpc) is 2.72. The zero-order valence-corrected chi connectivity index (χ0v) is 17.3. The molecule has 0 aromatic heterocycles. The van der Waals surface area contributed by atoms with Gasteiger partial charge in [0.25, 0.3) is 0 Å². The lowest BCUT2D eigenvalue weighted by Crippen LogP contribution is -2.45. The largest absolute Gasteiger partial charge is 0.495 e. The molecule has 1 saturated heterocycles. The molecule has 2 aromatic carbocycles. The number of carbonyl (C=O) groups is 1. The number of hydrogen-bond donors (Lipinski definition) is 1. The van der Waals surface area contributed by atoms with Crippen molar-refractivity contribution in [3.63, 3.8) is 0 Å². The number of carbonyl (C=O) groups excluding carboxylic acids is 1. The van der Waals surface area contributed by atoms with Crippen LogP contribution >= 0.6 is 0 Å². The first-order valence-electron chi connectivity index (χ1n) is 9.48. The number of hydrogen-bond acceptors (Lipinski definition) is 4. The van der Waals surface area contributed by atoms with Gasteiger partial charge in [-0.25, -0.2) is 12.8 Å². The number of amides is 1. The molecule has 1 N–H and O–H groups in total. The number of aryl methyl sites for hydroxylation is 1. The summed E-state index contributed by atoms with van der Waals surface area (Å²) in [6.07, 6.45) is 1.16. The average molecular weight is 421 g/mol. The predicted octanol–water partition coefficient (Wildman–Crippen LogP) is 2.86. The smallest absolute Gasteiger partial charge is 0.246 e. The number of halogens is 1. The number of rotatable bonds is 6. The van der Waals surface area contributed by atoms with Gasteiger partial charge in [-0.2, -0.15) is 4.31 Å². The fourth-order valence-electron chi connectivity index (χ4n) is 3.52. The van der Waals surface area contributed by atoms with Crippen LogP contribution in [0.25, 0.3) is 0 Å². The molecule has 1 heterocycles. The van der Waals surface area contributed by atoms with Crippen molar-refractivity contribution in [3.8, 4) is 5.75 Å². The van der Waals surface area contributed by atoms with Crippen molar-refractivity contribution >= 4 is 15.9 Å². The van der Waals surface area contributed by atoms with Gasteiger partial charge in [0.15, 0.2) is 0 Å². The molecule has 3 rings (SSSR count). The molecular weight excluding hydrogens is 395 g/mol. The minimum Gasteiger partial charge on any atom is -0.495 e. The number of methoxy groups -OCH3 is 1. The van der Waals surface area contributed by atoms with Gasteiger partial charge in [-0.1, -0.05) is 29.8 Å². The fourth-order valence-corrected chi connectivity index (χ4v) is 5.21. The molecule has 1 aliphatic rings. The molecule has 0 aliphatic carbocycles. The van der Waals surface area contributed by atoms with Crippen LogP contribution in [0.5, 0.6) is 5.75 Å². The third kappa shape index (κ3) is 4.94. The number of nitrogens with zero attached hydrogens (tertiary/aromatic N) is 1. The van der Waals surface area contributed by atoms with Gasteiger partial charge in [0, 0.05) is 19.6 Å². The maximum absolute atomic E-state index is 13.7. The maximum Gasteiger partial charge on any atom is 0.246 e.